The fraction of sp³-hybridized carbons (Fsp3) is 0.556. The number of primary amides is 1. The smallest absolute Gasteiger partial charge is 0.224 e. The van der Waals surface area contributed by atoms with Crippen molar-refractivity contribution in [2.75, 3.05) is 0 Å². The molecule has 1 heterocycles. The van der Waals surface area contributed by atoms with Gasteiger partial charge in [0.05, 0.1) is 17.7 Å². The fourth-order valence-electron chi connectivity index (χ4n) is 1.21. The third kappa shape index (κ3) is 2.45. The van der Waals surface area contributed by atoms with Crippen molar-refractivity contribution in [3.8, 4) is 0 Å². The molecule has 15 heavy (non-hydrogen) atoms. The number of aromatic nitrogens is 2. The average molecular weight is 229 g/mol. The van der Waals surface area contributed by atoms with Gasteiger partial charge in [0, 0.05) is 12.7 Å². The van der Waals surface area contributed by atoms with Crippen LogP contribution in [-0.4, -0.2) is 20.6 Å². The number of carbonyl (C=O) groups is 1. The Balaban J connectivity index is 3.03. The predicted octanol–water partition coefficient (Wildman–Crippen LogP) is 0.549. The Morgan fingerprint density at radius 2 is 2.33 bits per heavy atom. The van der Waals surface area contributed by atoms with E-state index < -0.39 is 11.3 Å². The molecule has 1 aromatic rings. The molecule has 0 saturated carbocycles. The van der Waals surface area contributed by atoms with Gasteiger partial charge in [0.2, 0.25) is 5.91 Å². The van der Waals surface area contributed by atoms with Gasteiger partial charge < -0.3 is 20.4 Å². The zero-order valence-corrected chi connectivity index (χ0v) is 9.60. The number of nitrogens with zero attached hydrogens (tertiary/aromatic N) is 1. The topological polar surface area (TPSA) is 84.0 Å². The summed E-state index contributed by atoms with van der Waals surface area (Å²) in [5.74, 6) is -0.394. The van der Waals surface area contributed by atoms with Crippen LogP contribution in [0.15, 0.2) is 6.20 Å². The van der Waals surface area contributed by atoms with E-state index in [0.29, 0.717) is 17.0 Å². The quantitative estimate of drug-likeness (QED) is 0.659. The summed E-state index contributed by atoms with van der Waals surface area (Å²) in [6.07, 6.45) is 1.62. The summed E-state index contributed by atoms with van der Waals surface area (Å²) in [6.45, 7) is 3.72. The molecule has 84 valence electrons. The standard InChI is InChI=1S/C9H15N3O2S/c1-9(2,7(10)14)5-12-6(4-13)3-11-8(12)15/h3,13H,4-5H2,1-2H3,(H2,10,14)(H,11,15). The monoisotopic (exact) mass is 229 g/mol. The van der Waals surface area contributed by atoms with Gasteiger partial charge in [0.25, 0.3) is 0 Å². The lowest BCUT2D eigenvalue weighted by atomic mass is 9.92. The first-order chi connectivity index (χ1) is 6.88. The Kier molecular flexibility index (Phi) is 3.31. The molecule has 0 aromatic carbocycles. The molecule has 0 radical (unpaired) electrons. The van der Waals surface area contributed by atoms with Gasteiger partial charge in [-0.15, -0.1) is 0 Å². The predicted molar refractivity (Wildman–Crippen MR) is 58.5 cm³/mol. The third-order valence-electron chi connectivity index (χ3n) is 2.34. The molecule has 1 amide bonds. The van der Waals surface area contributed by atoms with Crippen LogP contribution in [0.4, 0.5) is 0 Å². The molecule has 0 unspecified atom stereocenters. The number of aliphatic hydroxyl groups is 1. The largest absolute Gasteiger partial charge is 0.390 e. The molecule has 5 nitrogen and oxygen atoms in total. The highest BCUT2D eigenvalue weighted by molar-refractivity contribution is 7.71. The van der Waals surface area contributed by atoms with E-state index in [9.17, 15) is 4.79 Å². The van der Waals surface area contributed by atoms with Gasteiger partial charge in [-0.3, -0.25) is 4.79 Å². The zero-order valence-electron chi connectivity index (χ0n) is 8.78. The van der Waals surface area contributed by atoms with Gasteiger partial charge in [-0.05, 0) is 26.1 Å². The second kappa shape index (κ2) is 4.16. The van der Waals surface area contributed by atoms with Crippen LogP contribution in [-0.2, 0) is 17.9 Å². The Bertz CT molecular complexity index is 419. The number of nitrogens with two attached hydrogens (primary N) is 1. The summed E-state index contributed by atoms with van der Waals surface area (Å²) < 4.78 is 2.16. The van der Waals surface area contributed by atoms with E-state index in [1.54, 1.807) is 24.6 Å². The van der Waals surface area contributed by atoms with Crippen molar-refractivity contribution in [3.05, 3.63) is 16.7 Å². The normalized spacial score (nSPS) is 11.7. The van der Waals surface area contributed by atoms with E-state index in [1.807, 2.05) is 0 Å². The number of imidazole rings is 1. The number of carbonyl (C=O) groups excluding carboxylic acids is 1. The van der Waals surface area contributed by atoms with Crippen LogP contribution in [0.2, 0.25) is 0 Å². The summed E-state index contributed by atoms with van der Waals surface area (Å²) in [5.41, 5.74) is 5.23. The van der Waals surface area contributed by atoms with Crippen LogP contribution in [0.3, 0.4) is 0 Å². The average Bonchev–Trinajstić information content (AvgIpc) is 2.47. The minimum atomic E-state index is -0.690. The van der Waals surface area contributed by atoms with Crippen LogP contribution >= 0.6 is 12.2 Å². The Hall–Kier alpha value is -1.14. The van der Waals surface area contributed by atoms with E-state index >= 15 is 0 Å². The maximum Gasteiger partial charge on any atom is 0.224 e. The van der Waals surface area contributed by atoms with E-state index in [4.69, 9.17) is 23.1 Å². The number of rotatable bonds is 4. The molecule has 1 aromatic heterocycles. The van der Waals surface area contributed by atoms with E-state index in [1.165, 1.54) is 0 Å². The second-order valence-electron chi connectivity index (χ2n) is 4.08. The number of aliphatic hydroxyl groups excluding tert-OH is 1. The molecule has 0 aliphatic carbocycles. The summed E-state index contributed by atoms with van der Waals surface area (Å²) in [7, 11) is 0. The van der Waals surface area contributed by atoms with Crippen molar-refractivity contribution in [1.29, 1.82) is 0 Å². The lowest BCUT2D eigenvalue weighted by Gasteiger charge is -2.21. The minimum absolute atomic E-state index is 0.123. The summed E-state index contributed by atoms with van der Waals surface area (Å²) in [6, 6.07) is 0. The number of amides is 1. The third-order valence-corrected chi connectivity index (χ3v) is 2.67. The van der Waals surface area contributed by atoms with Crippen molar-refractivity contribution < 1.29 is 9.90 Å². The first kappa shape index (κ1) is 11.9. The lowest BCUT2D eigenvalue weighted by molar-refractivity contribution is -0.126. The molecule has 0 fully saturated rings. The van der Waals surface area contributed by atoms with Crippen LogP contribution in [0, 0.1) is 10.2 Å². The van der Waals surface area contributed by atoms with Gasteiger partial charge in [0.1, 0.15) is 0 Å². The molecule has 0 bridgehead atoms. The van der Waals surface area contributed by atoms with Gasteiger partial charge >= 0.3 is 0 Å². The molecule has 0 saturated heterocycles. The van der Waals surface area contributed by atoms with Crippen molar-refractivity contribution in [1.82, 2.24) is 9.55 Å². The van der Waals surface area contributed by atoms with Crippen LogP contribution in [0.1, 0.15) is 19.5 Å². The van der Waals surface area contributed by atoms with E-state index in [0.717, 1.165) is 0 Å². The number of hydrogen-bond acceptors (Lipinski definition) is 3. The highest BCUT2D eigenvalue weighted by atomic mass is 32.1. The summed E-state index contributed by atoms with van der Waals surface area (Å²) >= 11 is 5.04. The number of hydrogen-bond donors (Lipinski definition) is 3. The molecule has 0 aliphatic heterocycles. The molecule has 1 rings (SSSR count). The molecule has 4 N–H and O–H groups in total. The van der Waals surface area contributed by atoms with Crippen molar-refractivity contribution in [3.63, 3.8) is 0 Å². The fourth-order valence-corrected chi connectivity index (χ4v) is 1.45. The maximum atomic E-state index is 11.2. The van der Waals surface area contributed by atoms with Crippen LogP contribution in [0.5, 0.6) is 0 Å². The Morgan fingerprint density at radius 1 is 1.73 bits per heavy atom. The molecule has 0 atom stereocenters. The highest BCUT2D eigenvalue weighted by Gasteiger charge is 2.26. The highest BCUT2D eigenvalue weighted by Crippen LogP contribution is 2.19. The number of aromatic amines is 1. The van der Waals surface area contributed by atoms with E-state index in [-0.39, 0.29) is 6.61 Å². The second-order valence-corrected chi connectivity index (χ2v) is 4.46. The van der Waals surface area contributed by atoms with Gasteiger partial charge in [0.15, 0.2) is 4.77 Å². The van der Waals surface area contributed by atoms with Crippen molar-refractivity contribution in [2.24, 2.45) is 11.1 Å². The summed E-state index contributed by atoms with van der Waals surface area (Å²) in [4.78, 5) is 14.0. The van der Waals surface area contributed by atoms with Gasteiger partial charge in [-0.1, -0.05) is 0 Å². The first-order valence-electron chi connectivity index (χ1n) is 4.56. The Labute approximate surface area is 92.9 Å². The molecule has 0 spiro atoms. The minimum Gasteiger partial charge on any atom is -0.390 e. The summed E-state index contributed by atoms with van der Waals surface area (Å²) in [5, 5.41) is 9.06. The van der Waals surface area contributed by atoms with Gasteiger partial charge in [-0.25, -0.2) is 0 Å². The Morgan fingerprint density at radius 3 is 2.80 bits per heavy atom. The number of nitrogens with one attached hydrogen (secondary N) is 1. The van der Waals surface area contributed by atoms with Crippen molar-refractivity contribution in [2.45, 2.75) is 27.0 Å². The molecule has 6 heteroatoms. The number of H-pyrrole nitrogens is 1. The SMILES string of the molecule is CC(C)(Cn1c(CO)c[nH]c1=S)C(N)=O. The zero-order chi connectivity index (χ0) is 11.6. The lowest BCUT2D eigenvalue weighted by Crippen LogP contribution is -2.35. The first-order valence-corrected chi connectivity index (χ1v) is 4.97. The van der Waals surface area contributed by atoms with Gasteiger partial charge in [-0.2, -0.15) is 0 Å². The molecular formula is C9H15N3O2S. The maximum absolute atomic E-state index is 11.2. The van der Waals surface area contributed by atoms with E-state index in [2.05, 4.69) is 4.98 Å². The molecular weight excluding hydrogens is 214 g/mol. The van der Waals surface area contributed by atoms with Crippen molar-refractivity contribution >= 4 is 18.1 Å². The van der Waals surface area contributed by atoms with Crippen LogP contribution < -0.4 is 5.73 Å². The van der Waals surface area contributed by atoms with Crippen LogP contribution in [0.25, 0.3) is 0 Å². The molecule has 0 aliphatic rings.